The molecule has 0 unspecified atom stereocenters. The predicted octanol–water partition coefficient (Wildman–Crippen LogP) is 4.40. The fourth-order valence-electron chi connectivity index (χ4n) is 3.98. The van der Waals surface area contributed by atoms with Crippen LogP contribution >= 0.6 is 0 Å². The van der Waals surface area contributed by atoms with Gasteiger partial charge in [-0.05, 0) is 55.2 Å². The predicted molar refractivity (Wildman–Crippen MR) is 119 cm³/mol. The quantitative estimate of drug-likeness (QED) is 0.592. The Morgan fingerprint density at radius 2 is 1.91 bits per heavy atom. The number of carbonyl (C=O) groups is 1. The van der Waals surface area contributed by atoms with Crippen molar-refractivity contribution >= 4 is 11.6 Å². The van der Waals surface area contributed by atoms with E-state index in [-0.39, 0.29) is 18.1 Å². The maximum atomic E-state index is 14.6. The molecule has 7 nitrogen and oxygen atoms in total. The van der Waals surface area contributed by atoms with Crippen molar-refractivity contribution in [2.45, 2.75) is 45.1 Å². The van der Waals surface area contributed by atoms with Crippen molar-refractivity contribution in [3.63, 3.8) is 0 Å². The summed E-state index contributed by atoms with van der Waals surface area (Å²) in [6, 6.07) is 10.1. The first-order valence-corrected chi connectivity index (χ1v) is 10.8. The van der Waals surface area contributed by atoms with E-state index < -0.39 is 0 Å². The van der Waals surface area contributed by atoms with Gasteiger partial charge in [-0.1, -0.05) is 12.5 Å². The van der Waals surface area contributed by atoms with E-state index in [9.17, 15) is 9.18 Å². The number of anilines is 1. The van der Waals surface area contributed by atoms with Crippen LogP contribution in [0.4, 0.5) is 10.1 Å². The SMILES string of the molecule is COc1ccc(CCC(=O)Nc2ccc(F)c(-c3nnc4n3CCCCC4)c2)cc1OC. The van der Waals surface area contributed by atoms with Gasteiger partial charge in [0.05, 0.1) is 19.8 Å². The summed E-state index contributed by atoms with van der Waals surface area (Å²) in [6.07, 6.45) is 4.88. The molecule has 0 fully saturated rings. The number of halogens is 1. The van der Waals surface area contributed by atoms with Crippen molar-refractivity contribution < 1.29 is 18.7 Å². The molecule has 0 bridgehead atoms. The first-order valence-electron chi connectivity index (χ1n) is 10.8. The highest BCUT2D eigenvalue weighted by Crippen LogP contribution is 2.29. The van der Waals surface area contributed by atoms with Crippen molar-refractivity contribution in [3.05, 3.63) is 53.6 Å². The second kappa shape index (κ2) is 9.80. The number of fused-ring (bicyclic) bond motifs is 1. The van der Waals surface area contributed by atoms with Gasteiger partial charge in [0, 0.05) is 25.1 Å². The first-order chi connectivity index (χ1) is 15.6. The summed E-state index contributed by atoms with van der Waals surface area (Å²) < 4.78 is 27.2. The molecule has 168 valence electrons. The lowest BCUT2D eigenvalue weighted by molar-refractivity contribution is -0.116. The molecule has 0 radical (unpaired) electrons. The minimum atomic E-state index is -0.382. The van der Waals surface area contributed by atoms with Crippen molar-refractivity contribution in [2.75, 3.05) is 19.5 Å². The molecule has 8 heteroatoms. The Bertz CT molecular complexity index is 1110. The molecule has 0 spiro atoms. The van der Waals surface area contributed by atoms with Crippen LogP contribution in [0.3, 0.4) is 0 Å². The third kappa shape index (κ3) is 4.74. The third-order valence-electron chi connectivity index (χ3n) is 5.69. The first kappa shape index (κ1) is 21.8. The molecule has 1 amide bonds. The second-order valence-corrected chi connectivity index (χ2v) is 7.83. The molecule has 1 N–H and O–H groups in total. The van der Waals surface area contributed by atoms with E-state index >= 15 is 0 Å². The van der Waals surface area contributed by atoms with Crippen LogP contribution in [0, 0.1) is 5.82 Å². The topological polar surface area (TPSA) is 78.3 Å². The molecule has 1 aliphatic heterocycles. The minimum Gasteiger partial charge on any atom is -0.493 e. The Hall–Kier alpha value is -3.42. The highest BCUT2D eigenvalue weighted by atomic mass is 19.1. The molecule has 0 aliphatic carbocycles. The number of carbonyl (C=O) groups excluding carboxylic acids is 1. The lowest BCUT2D eigenvalue weighted by Crippen LogP contribution is -2.13. The Balaban J connectivity index is 1.45. The Labute approximate surface area is 186 Å². The number of hydrogen-bond acceptors (Lipinski definition) is 5. The zero-order valence-corrected chi connectivity index (χ0v) is 18.4. The van der Waals surface area contributed by atoms with Crippen molar-refractivity contribution in [1.29, 1.82) is 0 Å². The number of nitrogens with one attached hydrogen (secondary N) is 1. The van der Waals surface area contributed by atoms with E-state index in [1.165, 1.54) is 6.07 Å². The number of rotatable bonds is 7. The molecule has 1 aromatic heterocycles. The van der Waals surface area contributed by atoms with E-state index in [1.54, 1.807) is 26.4 Å². The molecule has 0 atom stereocenters. The van der Waals surface area contributed by atoms with Crippen LogP contribution in [0.15, 0.2) is 36.4 Å². The average Bonchev–Trinajstić information content (AvgIpc) is 3.06. The van der Waals surface area contributed by atoms with E-state index in [0.717, 1.165) is 43.6 Å². The normalized spacial score (nSPS) is 13.2. The van der Waals surface area contributed by atoms with Crippen LogP contribution in [0.2, 0.25) is 0 Å². The summed E-state index contributed by atoms with van der Waals surface area (Å²) in [6.45, 7) is 0.777. The molecular weight excluding hydrogens is 411 g/mol. The van der Waals surface area contributed by atoms with Crippen molar-refractivity contribution in [2.24, 2.45) is 0 Å². The maximum absolute atomic E-state index is 14.6. The van der Waals surface area contributed by atoms with Crippen molar-refractivity contribution in [3.8, 4) is 22.9 Å². The molecular formula is C24H27FN4O3. The number of amides is 1. The van der Waals surface area contributed by atoms with Gasteiger partial charge in [-0.3, -0.25) is 4.79 Å². The third-order valence-corrected chi connectivity index (χ3v) is 5.69. The van der Waals surface area contributed by atoms with Gasteiger partial charge in [-0.15, -0.1) is 10.2 Å². The van der Waals surface area contributed by atoms with Crippen LogP contribution in [-0.4, -0.2) is 34.9 Å². The van der Waals surface area contributed by atoms with Crippen LogP contribution in [0.25, 0.3) is 11.4 Å². The Morgan fingerprint density at radius 1 is 1.06 bits per heavy atom. The number of ether oxygens (including phenoxy) is 2. The zero-order chi connectivity index (χ0) is 22.5. The highest BCUT2D eigenvalue weighted by Gasteiger charge is 2.19. The number of hydrogen-bond donors (Lipinski definition) is 1. The number of nitrogens with zero attached hydrogens (tertiary/aromatic N) is 3. The van der Waals surface area contributed by atoms with E-state index in [4.69, 9.17) is 9.47 Å². The fourth-order valence-corrected chi connectivity index (χ4v) is 3.98. The lowest BCUT2D eigenvalue weighted by Gasteiger charge is -2.11. The summed E-state index contributed by atoms with van der Waals surface area (Å²) in [4.78, 5) is 12.5. The number of methoxy groups -OCH3 is 2. The average molecular weight is 439 g/mol. The number of benzene rings is 2. The van der Waals surface area contributed by atoms with Gasteiger partial charge < -0.3 is 19.4 Å². The maximum Gasteiger partial charge on any atom is 0.224 e. The van der Waals surface area contributed by atoms with Gasteiger partial charge in [0.2, 0.25) is 5.91 Å². The molecule has 0 saturated heterocycles. The van der Waals surface area contributed by atoms with E-state index in [0.29, 0.717) is 35.0 Å². The van der Waals surface area contributed by atoms with Gasteiger partial charge in [-0.25, -0.2) is 4.39 Å². The summed E-state index contributed by atoms with van der Waals surface area (Å²) in [7, 11) is 3.16. The van der Waals surface area contributed by atoms with E-state index in [2.05, 4.69) is 15.5 Å². The molecule has 1 aliphatic rings. The van der Waals surface area contributed by atoms with Crippen LogP contribution in [-0.2, 0) is 24.2 Å². The van der Waals surface area contributed by atoms with Crippen LogP contribution in [0.1, 0.15) is 37.1 Å². The Morgan fingerprint density at radius 3 is 2.72 bits per heavy atom. The lowest BCUT2D eigenvalue weighted by atomic mass is 10.1. The smallest absolute Gasteiger partial charge is 0.224 e. The number of aromatic nitrogens is 3. The van der Waals surface area contributed by atoms with Crippen LogP contribution < -0.4 is 14.8 Å². The summed E-state index contributed by atoms with van der Waals surface area (Å²) in [5, 5.41) is 11.4. The molecule has 3 aromatic rings. The summed E-state index contributed by atoms with van der Waals surface area (Å²) in [5.41, 5.74) is 1.84. The van der Waals surface area contributed by atoms with Gasteiger partial charge >= 0.3 is 0 Å². The van der Waals surface area contributed by atoms with Crippen LogP contribution in [0.5, 0.6) is 11.5 Å². The monoisotopic (exact) mass is 438 g/mol. The van der Waals surface area contributed by atoms with Crippen molar-refractivity contribution in [1.82, 2.24) is 14.8 Å². The number of aryl methyl sites for hydroxylation is 2. The molecule has 0 saturated carbocycles. The molecule has 2 aromatic carbocycles. The second-order valence-electron chi connectivity index (χ2n) is 7.83. The zero-order valence-electron chi connectivity index (χ0n) is 18.4. The molecule has 32 heavy (non-hydrogen) atoms. The largest absolute Gasteiger partial charge is 0.493 e. The minimum absolute atomic E-state index is 0.155. The molecule has 2 heterocycles. The van der Waals surface area contributed by atoms with Gasteiger partial charge in [0.25, 0.3) is 0 Å². The van der Waals surface area contributed by atoms with E-state index in [1.807, 2.05) is 22.8 Å². The summed E-state index contributed by atoms with van der Waals surface area (Å²) >= 11 is 0. The fraction of sp³-hybridized carbons (Fsp3) is 0.375. The Kier molecular flexibility index (Phi) is 6.68. The highest BCUT2D eigenvalue weighted by molar-refractivity contribution is 5.91. The van der Waals surface area contributed by atoms with Gasteiger partial charge in [0.1, 0.15) is 11.6 Å². The summed E-state index contributed by atoms with van der Waals surface area (Å²) in [5.74, 6) is 2.14. The molecule has 4 rings (SSSR count). The van der Waals surface area contributed by atoms with Gasteiger partial charge in [-0.2, -0.15) is 0 Å². The standard InChI is InChI=1S/C24H27FN4O3/c1-31-20-11-7-16(14-21(20)32-2)8-12-23(30)26-17-9-10-19(25)18(15-17)24-28-27-22-6-4-3-5-13-29(22)24/h7,9-11,14-15H,3-6,8,12-13H2,1-2H3,(H,26,30). The van der Waals surface area contributed by atoms with Gasteiger partial charge in [0.15, 0.2) is 17.3 Å².